The van der Waals surface area contributed by atoms with E-state index in [-0.39, 0.29) is 11.8 Å². The third kappa shape index (κ3) is 4.65. The van der Waals surface area contributed by atoms with Gasteiger partial charge in [-0.25, -0.2) is 9.97 Å². The molecule has 3 aromatic rings. The van der Waals surface area contributed by atoms with Crippen LogP contribution in [0.5, 0.6) is 0 Å². The molecular formula is C27H30N4O2. The Kier molecular flexibility index (Phi) is 6.54. The molecule has 0 fully saturated rings. The third-order valence-corrected chi connectivity index (χ3v) is 6.01. The molecule has 1 aliphatic heterocycles. The van der Waals surface area contributed by atoms with E-state index in [1.807, 2.05) is 56.4 Å². The van der Waals surface area contributed by atoms with Crippen LogP contribution < -0.4 is 4.90 Å². The number of hydrogen-bond donors (Lipinski definition) is 0. The molecule has 0 spiro atoms. The SMILES string of the molecule is CCCN(C)C(=O)c1ccc(CN2C(=O)Cc3cnc(-c4ccccc4C(C)C)nc32)cc1. The van der Waals surface area contributed by atoms with Crippen molar-refractivity contribution >= 4 is 17.6 Å². The summed E-state index contributed by atoms with van der Waals surface area (Å²) in [5.74, 6) is 1.67. The van der Waals surface area contributed by atoms with Crippen LogP contribution in [0.2, 0.25) is 0 Å². The Balaban J connectivity index is 1.59. The number of rotatable bonds is 7. The number of aromatic nitrogens is 2. The van der Waals surface area contributed by atoms with Gasteiger partial charge in [-0.15, -0.1) is 0 Å². The van der Waals surface area contributed by atoms with Crippen molar-refractivity contribution in [2.75, 3.05) is 18.5 Å². The van der Waals surface area contributed by atoms with Gasteiger partial charge in [-0.05, 0) is 35.6 Å². The molecule has 33 heavy (non-hydrogen) atoms. The number of amides is 2. The Morgan fingerprint density at radius 3 is 2.55 bits per heavy atom. The summed E-state index contributed by atoms with van der Waals surface area (Å²) in [6.07, 6.45) is 3.00. The van der Waals surface area contributed by atoms with Crippen molar-refractivity contribution in [3.8, 4) is 11.4 Å². The van der Waals surface area contributed by atoms with Gasteiger partial charge in [0.05, 0.1) is 13.0 Å². The molecule has 2 aromatic carbocycles. The van der Waals surface area contributed by atoms with Crippen molar-refractivity contribution in [3.05, 3.63) is 77.0 Å². The average Bonchev–Trinajstić information content (AvgIpc) is 3.13. The lowest BCUT2D eigenvalue weighted by Gasteiger charge is -2.19. The normalized spacial score (nSPS) is 12.9. The molecule has 6 heteroatoms. The molecule has 0 N–H and O–H groups in total. The molecule has 0 bridgehead atoms. The van der Waals surface area contributed by atoms with Crippen molar-refractivity contribution < 1.29 is 9.59 Å². The van der Waals surface area contributed by atoms with E-state index >= 15 is 0 Å². The van der Waals surface area contributed by atoms with Gasteiger partial charge in [0.1, 0.15) is 5.82 Å². The summed E-state index contributed by atoms with van der Waals surface area (Å²) in [7, 11) is 1.81. The summed E-state index contributed by atoms with van der Waals surface area (Å²) < 4.78 is 0. The number of benzene rings is 2. The fourth-order valence-corrected chi connectivity index (χ4v) is 4.22. The van der Waals surface area contributed by atoms with Gasteiger partial charge < -0.3 is 4.90 Å². The Morgan fingerprint density at radius 2 is 1.85 bits per heavy atom. The van der Waals surface area contributed by atoms with Crippen LogP contribution in [0.4, 0.5) is 5.82 Å². The van der Waals surface area contributed by atoms with E-state index in [0.29, 0.717) is 36.1 Å². The van der Waals surface area contributed by atoms with Crippen LogP contribution in [-0.2, 0) is 17.8 Å². The van der Waals surface area contributed by atoms with Gasteiger partial charge in [0.25, 0.3) is 5.91 Å². The van der Waals surface area contributed by atoms with E-state index in [2.05, 4.69) is 24.9 Å². The van der Waals surface area contributed by atoms with Crippen molar-refractivity contribution in [2.24, 2.45) is 0 Å². The predicted molar refractivity (Wildman–Crippen MR) is 130 cm³/mol. The molecule has 1 aliphatic rings. The van der Waals surface area contributed by atoms with Crippen LogP contribution in [0.3, 0.4) is 0 Å². The predicted octanol–water partition coefficient (Wildman–Crippen LogP) is 4.84. The van der Waals surface area contributed by atoms with E-state index in [4.69, 9.17) is 4.98 Å². The maximum absolute atomic E-state index is 12.8. The smallest absolute Gasteiger partial charge is 0.253 e. The Morgan fingerprint density at radius 1 is 1.12 bits per heavy atom. The van der Waals surface area contributed by atoms with Crippen LogP contribution in [0, 0.1) is 0 Å². The summed E-state index contributed by atoms with van der Waals surface area (Å²) in [6, 6.07) is 15.6. The summed E-state index contributed by atoms with van der Waals surface area (Å²) in [4.78, 5) is 38.1. The third-order valence-electron chi connectivity index (χ3n) is 6.01. The summed E-state index contributed by atoms with van der Waals surface area (Å²) in [6.45, 7) is 7.48. The minimum Gasteiger partial charge on any atom is -0.342 e. The Bertz CT molecular complexity index is 1170. The second-order valence-corrected chi connectivity index (χ2v) is 8.86. The fraction of sp³-hybridized carbons (Fsp3) is 0.333. The largest absolute Gasteiger partial charge is 0.342 e. The minimum absolute atomic E-state index is 0.00666. The molecule has 0 atom stereocenters. The van der Waals surface area contributed by atoms with E-state index in [1.54, 1.807) is 16.0 Å². The topological polar surface area (TPSA) is 66.4 Å². The molecule has 0 saturated heterocycles. The van der Waals surface area contributed by atoms with Crippen LogP contribution in [0.25, 0.3) is 11.4 Å². The van der Waals surface area contributed by atoms with Crippen LogP contribution in [0.1, 0.15) is 60.2 Å². The zero-order valence-corrected chi connectivity index (χ0v) is 19.7. The van der Waals surface area contributed by atoms with E-state index < -0.39 is 0 Å². The number of carbonyl (C=O) groups excluding carboxylic acids is 2. The van der Waals surface area contributed by atoms with E-state index in [0.717, 1.165) is 29.7 Å². The van der Waals surface area contributed by atoms with Gasteiger partial charge in [0, 0.05) is 36.5 Å². The lowest BCUT2D eigenvalue weighted by Crippen LogP contribution is -2.28. The molecule has 1 aromatic heterocycles. The number of nitrogens with zero attached hydrogens (tertiary/aromatic N) is 4. The number of anilines is 1. The highest BCUT2D eigenvalue weighted by molar-refractivity contribution is 6.00. The maximum atomic E-state index is 12.8. The molecule has 6 nitrogen and oxygen atoms in total. The molecule has 0 unspecified atom stereocenters. The Hall–Kier alpha value is -3.54. The first-order valence-corrected chi connectivity index (χ1v) is 11.5. The van der Waals surface area contributed by atoms with Gasteiger partial charge in [-0.3, -0.25) is 14.5 Å². The van der Waals surface area contributed by atoms with Gasteiger partial charge in [0.2, 0.25) is 5.91 Å². The van der Waals surface area contributed by atoms with Crippen molar-refractivity contribution in [3.63, 3.8) is 0 Å². The van der Waals surface area contributed by atoms with E-state index in [9.17, 15) is 9.59 Å². The summed E-state index contributed by atoms with van der Waals surface area (Å²) in [5.41, 5.74) is 4.63. The average molecular weight is 443 g/mol. The first-order chi connectivity index (χ1) is 15.9. The summed E-state index contributed by atoms with van der Waals surface area (Å²) >= 11 is 0. The lowest BCUT2D eigenvalue weighted by molar-refractivity contribution is -0.117. The highest BCUT2D eigenvalue weighted by Gasteiger charge is 2.30. The first kappa shape index (κ1) is 22.6. The van der Waals surface area contributed by atoms with Crippen LogP contribution in [0.15, 0.2) is 54.7 Å². The molecular weight excluding hydrogens is 412 g/mol. The van der Waals surface area contributed by atoms with Gasteiger partial charge in [0.15, 0.2) is 5.82 Å². The molecule has 0 saturated carbocycles. The second kappa shape index (κ2) is 9.53. The molecule has 0 radical (unpaired) electrons. The number of hydrogen-bond acceptors (Lipinski definition) is 4. The Labute approximate surface area is 195 Å². The van der Waals surface area contributed by atoms with Gasteiger partial charge in [-0.2, -0.15) is 0 Å². The van der Waals surface area contributed by atoms with Crippen molar-refractivity contribution in [1.82, 2.24) is 14.9 Å². The van der Waals surface area contributed by atoms with Crippen molar-refractivity contribution in [2.45, 2.75) is 46.1 Å². The van der Waals surface area contributed by atoms with Crippen LogP contribution >= 0.6 is 0 Å². The quantitative estimate of drug-likeness (QED) is 0.525. The molecule has 2 heterocycles. The molecule has 2 amide bonds. The van der Waals surface area contributed by atoms with Crippen LogP contribution in [-0.4, -0.2) is 40.3 Å². The first-order valence-electron chi connectivity index (χ1n) is 11.5. The second-order valence-electron chi connectivity index (χ2n) is 8.86. The lowest BCUT2D eigenvalue weighted by atomic mass is 9.97. The van der Waals surface area contributed by atoms with Crippen molar-refractivity contribution in [1.29, 1.82) is 0 Å². The zero-order valence-electron chi connectivity index (χ0n) is 19.7. The molecule has 170 valence electrons. The number of fused-ring (bicyclic) bond motifs is 1. The zero-order chi connectivity index (χ0) is 23.5. The monoisotopic (exact) mass is 442 g/mol. The summed E-state index contributed by atoms with van der Waals surface area (Å²) in [5, 5.41) is 0. The van der Waals surface area contributed by atoms with E-state index in [1.165, 1.54) is 5.56 Å². The molecule has 0 aliphatic carbocycles. The fourth-order valence-electron chi connectivity index (χ4n) is 4.22. The highest BCUT2D eigenvalue weighted by atomic mass is 16.2. The minimum atomic E-state index is 0.00666. The van der Waals surface area contributed by atoms with Gasteiger partial charge in [-0.1, -0.05) is 57.2 Å². The highest BCUT2D eigenvalue weighted by Crippen LogP contribution is 2.32. The van der Waals surface area contributed by atoms with Gasteiger partial charge >= 0.3 is 0 Å². The maximum Gasteiger partial charge on any atom is 0.253 e. The standard InChI is InChI=1S/C27H30N4O2/c1-5-14-30(4)27(33)20-12-10-19(11-13-20)17-31-24(32)15-21-16-28-25(29-26(21)31)23-9-7-6-8-22(23)18(2)3/h6-13,16,18H,5,14-15,17H2,1-4H3. The molecule has 4 rings (SSSR count). The number of carbonyl (C=O) groups is 2.